The van der Waals surface area contributed by atoms with Crippen molar-refractivity contribution in [1.82, 2.24) is 14.5 Å². The van der Waals surface area contributed by atoms with E-state index in [0.717, 1.165) is 22.0 Å². The minimum Gasteiger partial charge on any atom is -0.348 e. The average Bonchev–Trinajstić information content (AvgIpc) is 2.92. The Hall–Kier alpha value is -3.34. The first-order chi connectivity index (χ1) is 13.0. The van der Waals surface area contributed by atoms with Crippen LogP contribution in [0.4, 0.5) is 0 Å². The van der Waals surface area contributed by atoms with E-state index >= 15 is 0 Å². The zero-order valence-electron chi connectivity index (χ0n) is 15.3. The Morgan fingerprint density at radius 3 is 2.41 bits per heavy atom. The van der Waals surface area contributed by atoms with Crippen molar-refractivity contribution in [3.8, 4) is 0 Å². The summed E-state index contributed by atoms with van der Waals surface area (Å²) >= 11 is 0. The standard InChI is InChI=1S/C22H21N3O2/c1-15(17-12-11-16-7-3-4-8-18(16)13-17)23-21(26)14-25-20-10-6-5-9-19(20)24(2)22(25)27/h3-13,15H,14H2,1-2H3,(H,23,26). The number of benzene rings is 3. The molecule has 0 aliphatic carbocycles. The van der Waals surface area contributed by atoms with Crippen LogP contribution in [-0.4, -0.2) is 15.0 Å². The minimum absolute atomic E-state index is 0.00188. The van der Waals surface area contributed by atoms with Gasteiger partial charge >= 0.3 is 5.69 Å². The summed E-state index contributed by atoms with van der Waals surface area (Å²) < 4.78 is 3.08. The summed E-state index contributed by atoms with van der Waals surface area (Å²) in [6.07, 6.45) is 0. The lowest BCUT2D eigenvalue weighted by atomic mass is 10.0. The summed E-state index contributed by atoms with van der Waals surface area (Å²) in [5.41, 5.74) is 2.42. The number of nitrogens with one attached hydrogen (secondary N) is 1. The number of amides is 1. The van der Waals surface area contributed by atoms with Gasteiger partial charge in [0, 0.05) is 7.05 Å². The second-order valence-electron chi connectivity index (χ2n) is 6.81. The molecule has 1 aromatic heterocycles. The van der Waals surface area contributed by atoms with Crippen LogP contribution in [0.15, 0.2) is 71.5 Å². The maximum Gasteiger partial charge on any atom is 0.329 e. The molecule has 136 valence electrons. The van der Waals surface area contributed by atoms with Gasteiger partial charge in [0.1, 0.15) is 6.54 Å². The molecule has 1 amide bonds. The molecule has 4 aromatic rings. The van der Waals surface area contributed by atoms with E-state index in [1.807, 2.05) is 49.4 Å². The number of aryl methyl sites for hydroxylation is 1. The molecule has 0 saturated carbocycles. The van der Waals surface area contributed by atoms with Crippen molar-refractivity contribution >= 4 is 27.7 Å². The maximum atomic E-state index is 12.6. The smallest absolute Gasteiger partial charge is 0.329 e. The molecule has 0 aliphatic rings. The Bertz CT molecular complexity index is 1200. The van der Waals surface area contributed by atoms with Crippen molar-refractivity contribution in [3.63, 3.8) is 0 Å². The molecule has 27 heavy (non-hydrogen) atoms. The van der Waals surface area contributed by atoms with Crippen LogP contribution in [0.3, 0.4) is 0 Å². The first-order valence-electron chi connectivity index (χ1n) is 8.97. The normalized spacial score (nSPS) is 12.4. The van der Waals surface area contributed by atoms with E-state index in [9.17, 15) is 9.59 Å². The van der Waals surface area contributed by atoms with Crippen LogP contribution in [0.2, 0.25) is 0 Å². The molecule has 4 rings (SSSR count). The fraction of sp³-hybridized carbons (Fsp3) is 0.182. The summed E-state index contributed by atoms with van der Waals surface area (Å²) in [5, 5.41) is 5.31. The highest BCUT2D eigenvalue weighted by molar-refractivity contribution is 5.84. The van der Waals surface area contributed by atoms with E-state index in [1.165, 1.54) is 9.95 Å². The lowest BCUT2D eigenvalue weighted by Gasteiger charge is -2.15. The van der Waals surface area contributed by atoms with Crippen molar-refractivity contribution < 1.29 is 4.79 Å². The Balaban J connectivity index is 1.55. The van der Waals surface area contributed by atoms with E-state index in [4.69, 9.17) is 0 Å². The predicted octanol–water partition coefficient (Wildman–Crippen LogP) is 3.37. The minimum atomic E-state index is -0.190. The lowest BCUT2D eigenvalue weighted by molar-refractivity contribution is -0.122. The van der Waals surface area contributed by atoms with Crippen LogP contribution >= 0.6 is 0 Å². The molecule has 5 heteroatoms. The molecule has 0 fully saturated rings. The number of rotatable bonds is 4. The number of imidazole rings is 1. The molecule has 3 aromatic carbocycles. The Morgan fingerprint density at radius 2 is 1.63 bits per heavy atom. The molecule has 1 unspecified atom stereocenters. The lowest BCUT2D eigenvalue weighted by Crippen LogP contribution is -2.34. The van der Waals surface area contributed by atoms with E-state index < -0.39 is 0 Å². The van der Waals surface area contributed by atoms with Gasteiger partial charge in [-0.25, -0.2) is 4.79 Å². The van der Waals surface area contributed by atoms with Gasteiger partial charge in [0.15, 0.2) is 0 Å². The van der Waals surface area contributed by atoms with E-state index in [-0.39, 0.29) is 24.2 Å². The number of fused-ring (bicyclic) bond motifs is 2. The highest BCUT2D eigenvalue weighted by atomic mass is 16.2. The molecular formula is C22H21N3O2. The van der Waals surface area contributed by atoms with Crippen LogP contribution in [-0.2, 0) is 18.4 Å². The first-order valence-corrected chi connectivity index (χ1v) is 8.97. The fourth-order valence-corrected chi connectivity index (χ4v) is 3.51. The van der Waals surface area contributed by atoms with Gasteiger partial charge in [-0.2, -0.15) is 0 Å². The van der Waals surface area contributed by atoms with Crippen molar-refractivity contribution in [1.29, 1.82) is 0 Å². The average molecular weight is 359 g/mol. The summed E-state index contributed by atoms with van der Waals surface area (Å²) in [5.74, 6) is -0.186. The second-order valence-corrected chi connectivity index (χ2v) is 6.81. The molecule has 1 N–H and O–H groups in total. The number of hydrogen-bond acceptors (Lipinski definition) is 2. The molecule has 1 atom stereocenters. The van der Waals surface area contributed by atoms with Gasteiger partial charge in [-0.05, 0) is 41.5 Å². The van der Waals surface area contributed by atoms with E-state index in [0.29, 0.717) is 0 Å². The molecule has 5 nitrogen and oxygen atoms in total. The van der Waals surface area contributed by atoms with Crippen LogP contribution in [0, 0.1) is 0 Å². The largest absolute Gasteiger partial charge is 0.348 e. The van der Waals surface area contributed by atoms with Crippen LogP contribution in [0.1, 0.15) is 18.5 Å². The highest BCUT2D eigenvalue weighted by Crippen LogP contribution is 2.20. The van der Waals surface area contributed by atoms with Gasteiger partial charge in [0.25, 0.3) is 0 Å². The second kappa shape index (κ2) is 6.76. The van der Waals surface area contributed by atoms with Gasteiger partial charge in [-0.1, -0.05) is 48.5 Å². The van der Waals surface area contributed by atoms with Crippen LogP contribution in [0.5, 0.6) is 0 Å². The monoisotopic (exact) mass is 359 g/mol. The van der Waals surface area contributed by atoms with Crippen LogP contribution < -0.4 is 11.0 Å². The number of carbonyl (C=O) groups excluding carboxylic acids is 1. The van der Waals surface area contributed by atoms with Crippen LogP contribution in [0.25, 0.3) is 21.8 Å². The van der Waals surface area contributed by atoms with Crippen molar-refractivity contribution in [2.24, 2.45) is 7.05 Å². The Kier molecular flexibility index (Phi) is 4.28. The van der Waals surface area contributed by atoms with Gasteiger partial charge in [-0.15, -0.1) is 0 Å². The maximum absolute atomic E-state index is 12.6. The molecule has 0 saturated heterocycles. The fourth-order valence-electron chi connectivity index (χ4n) is 3.51. The third-order valence-electron chi connectivity index (χ3n) is 5.00. The third-order valence-corrected chi connectivity index (χ3v) is 5.00. The Labute approximate surface area is 156 Å². The van der Waals surface area contributed by atoms with Gasteiger partial charge in [-0.3, -0.25) is 13.9 Å². The number of hydrogen-bond donors (Lipinski definition) is 1. The Morgan fingerprint density at radius 1 is 0.963 bits per heavy atom. The summed E-state index contributed by atoms with van der Waals surface area (Å²) in [6.45, 7) is 1.95. The molecule has 0 aliphatic heterocycles. The van der Waals surface area contributed by atoms with Gasteiger partial charge in [0.05, 0.1) is 17.1 Å². The summed E-state index contributed by atoms with van der Waals surface area (Å²) in [4.78, 5) is 25.1. The molecule has 0 bridgehead atoms. The first kappa shape index (κ1) is 17.1. The molecule has 1 heterocycles. The van der Waals surface area contributed by atoms with Crippen molar-refractivity contribution in [3.05, 3.63) is 82.8 Å². The molecule has 0 radical (unpaired) electrons. The quantitative estimate of drug-likeness (QED) is 0.607. The number of nitrogens with zero attached hydrogens (tertiary/aromatic N) is 2. The number of carbonyl (C=O) groups is 1. The van der Waals surface area contributed by atoms with Gasteiger partial charge in [0.2, 0.25) is 5.91 Å². The summed E-state index contributed by atoms with van der Waals surface area (Å²) in [6, 6.07) is 21.6. The number of para-hydroxylation sites is 2. The topological polar surface area (TPSA) is 56.0 Å². The zero-order chi connectivity index (χ0) is 19.0. The molecule has 0 spiro atoms. The van der Waals surface area contributed by atoms with E-state index in [2.05, 4.69) is 29.6 Å². The highest BCUT2D eigenvalue weighted by Gasteiger charge is 2.15. The van der Waals surface area contributed by atoms with Gasteiger partial charge < -0.3 is 5.32 Å². The molecular weight excluding hydrogens is 338 g/mol. The number of aromatic nitrogens is 2. The van der Waals surface area contributed by atoms with E-state index in [1.54, 1.807) is 11.6 Å². The van der Waals surface area contributed by atoms with Crippen molar-refractivity contribution in [2.75, 3.05) is 0 Å². The van der Waals surface area contributed by atoms with Crippen molar-refractivity contribution in [2.45, 2.75) is 19.5 Å². The zero-order valence-corrected chi connectivity index (χ0v) is 15.3. The third kappa shape index (κ3) is 3.12. The summed E-state index contributed by atoms with van der Waals surface area (Å²) in [7, 11) is 1.72. The predicted molar refractivity (Wildman–Crippen MR) is 108 cm³/mol. The SMILES string of the molecule is CC(NC(=O)Cn1c(=O)n(C)c2ccccc21)c1ccc2ccccc2c1.